The van der Waals surface area contributed by atoms with Crippen LogP contribution in [0.5, 0.6) is 0 Å². The number of primary amides is 1. The van der Waals surface area contributed by atoms with Gasteiger partial charge in [-0.1, -0.05) is 18.2 Å². The lowest BCUT2D eigenvalue weighted by Gasteiger charge is -2.20. The number of urea groups is 1. The Kier molecular flexibility index (Phi) is 6.51. The number of nitrogens with two attached hydrogens (primary N) is 1. The van der Waals surface area contributed by atoms with Crippen LogP contribution in [0.2, 0.25) is 0 Å². The Labute approximate surface area is 111 Å². The lowest BCUT2D eigenvalue weighted by Crippen LogP contribution is -2.37. The van der Waals surface area contributed by atoms with Crippen molar-refractivity contribution in [3.05, 3.63) is 30.3 Å². The Hall–Kier alpha value is -0.788. The molecular weight excluding hydrogens is 254 g/mol. The number of anilines is 1. The Bertz CT molecular complexity index is 407. The molecule has 0 saturated carbocycles. The van der Waals surface area contributed by atoms with E-state index in [9.17, 15) is 14.3 Å². The van der Waals surface area contributed by atoms with Gasteiger partial charge in [0.1, 0.15) is 0 Å². The third kappa shape index (κ3) is 5.90. The Morgan fingerprint density at radius 3 is 2.35 bits per heavy atom. The van der Waals surface area contributed by atoms with Crippen molar-refractivity contribution in [2.75, 3.05) is 24.3 Å². The number of carbonyl (C=O) groups is 1. The Morgan fingerprint density at radius 2 is 1.94 bits per heavy atom. The standard InChI is InChI=1S/C10H15N2O3P.Al.3H/c1-16(14,15)8-7-12(10(11)13)9-5-3-2-4-6-9;;;;/h2-6H,7-8H2,1H3,(H2,11,13)(H,14,15);;;;. The van der Waals surface area contributed by atoms with Gasteiger partial charge in [-0.25, -0.2) is 4.79 Å². The van der Waals surface area contributed by atoms with Crippen molar-refractivity contribution < 1.29 is 14.3 Å². The van der Waals surface area contributed by atoms with Crippen LogP contribution >= 0.6 is 7.37 Å². The number of hydrogen-bond donors (Lipinski definition) is 2. The summed E-state index contributed by atoms with van der Waals surface area (Å²) in [6.07, 6.45) is 0.0326. The highest BCUT2D eigenvalue weighted by atomic mass is 31.2. The van der Waals surface area contributed by atoms with Crippen LogP contribution in [0, 0.1) is 0 Å². The molecule has 1 atom stereocenters. The minimum atomic E-state index is -3.13. The predicted octanol–water partition coefficient (Wildman–Crippen LogP) is 0.288. The first-order valence-electron chi connectivity index (χ1n) is 4.81. The van der Waals surface area contributed by atoms with Gasteiger partial charge in [0.25, 0.3) is 0 Å². The second kappa shape index (κ2) is 6.83. The van der Waals surface area contributed by atoms with E-state index in [1.807, 2.05) is 6.07 Å². The largest absolute Gasteiger partial charge is 0.351 e. The zero-order chi connectivity index (χ0) is 12.2. The number of benzene rings is 1. The SMILES string of the molecule is CP(=O)(O)CCN(C(N)=O)c1ccccc1.[AlH3]. The summed E-state index contributed by atoms with van der Waals surface area (Å²) in [5, 5.41) is 0. The van der Waals surface area contributed by atoms with E-state index in [0.29, 0.717) is 5.69 Å². The minimum absolute atomic E-state index is 0. The second-order valence-corrected chi connectivity index (χ2v) is 6.15. The highest BCUT2D eigenvalue weighted by molar-refractivity contribution is 7.57. The molecule has 0 heterocycles. The summed E-state index contributed by atoms with van der Waals surface area (Å²) in [5.41, 5.74) is 5.84. The predicted molar refractivity (Wildman–Crippen MR) is 73.9 cm³/mol. The number of carbonyl (C=O) groups excluding carboxylic acids is 1. The van der Waals surface area contributed by atoms with Crippen molar-refractivity contribution in [2.24, 2.45) is 5.73 Å². The summed E-state index contributed by atoms with van der Waals surface area (Å²) in [6, 6.07) is 8.19. The van der Waals surface area contributed by atoms with Crippen molar-refractivity contribution in [1.82, 2.24) is 0 Å². The van der Waals surface area contributed by atoms with Crippen molar-refractivity contribution in [2.45, 2.75) is 0 Å². The molecule has 3 N–H and O–H groups in total. The van der Waals surface area contributed by atoms with E-state index in [0.717, 1.165) is 0 Å². The molecule has 1 aromatic carbocycles. The molecule has 0 aromatic heterocycles. The smallest absolute Gasteiger partial charge is 0.319 e. The summed E-state index contributed by atoms with van der Waals surface area (Å²) >= 11 is 0. The third-order valence-corrected chi connectivity index (χ3v) is 3.10. The monoisotopic (exact) mass is 272 g/mol. The summed E-state index contributed by atoms with van der Waals surface area (Å²) in [5.74, 6) is 0. The maximum absolute atomic E-state index is 11.2. The van der Waals surface area contributed by atoms with Crippen molar-refractivity contribution in [3.63, 3.8) is 0 Å². The molecule has 5 nitrogen and oxygen atoms in total. The molecule has 17 heavy (non-hydrogen) atoms. The fourth-order valence-electron chi connectivity index (χ4n) is 1.26. The lowest BCUT2D eigenvalue weighted by molar-refractivity contribution is 0.254. The van der Waals surface area contributed by atoms with Crippen LogP contribution in [0.4, 0.5) is 10.5 Å². The molecule has 7 heteroatoms. The number of nitrogens with zero attached hydrogens (tertiary/aromatic N) is 1. The molecule has 0 radical (unpaired) electrons. The molecule has 0 aliphatic carbocycles. The number of rotatable bonds is 4. The van der Waals surface area contributed by atoms with Gasteiger partial charge in [-0.15, -0.1) is 0 Å². The first-order valence-corrected chi connectivity index (χ1v) is 7.10. The van der Waals surface area contributed by atoms with Gasteiger partial charge in [0.2, 0.25) is 0 Å². The number of amides is 2. The first kappa shape index (κ1) is 16.2. The van der Waals surface area contributed by atoms with Crippen molar-refractivity contribution in [1.29, 1.82) is 0 Å². The Balaban J connectivity index is 0.00000256. The van der Waals surface area contributed by atoms with Crippen LogP contribution in [-0.2, 0) is 4.57 Å². The molecule has 0 bridgehead atoms. The van der Waals surface area contributed by atoms with Crippen molar-refractivity contribution in [3.8, 4) is 0 Å². The minimum Gasteiger partial charge on any atom is -0.351 e. The van der Waals surface area contributed by atoms with Gasteiger partial charge < -0.3 is 10.6 Å². The molecule has 1 rings (SSSR count). The van der Waals surface area contributed by atoms with Crippen LogP contribution in [-0.4, -0.2) is 47.7 Å². The highest BCUT2D eigenvalue weighted by Crippen LogP contribution is 2.34. The van der Waals surface area contributed by atoms with Gasteiger partial charge in [0.15, 0.2) is 24.7 Å². The van der Waals surface area contributed by atoms with Crippen molar-refractivity contribution >= 4 is 36.4 Å². The van der Waals surface area contributed by atoms with E-state index < -0.39 is 13.4 Å². The van der Waals surface area contributed by atoms with Gasteiger partial charge in [0, 0.05) is 25.1 Å². The van der Waals surface area contributed by atoms with E-state index >= 15 is 0 Å². The van der Waals surface area contributed by atoms with Gasteiger partial charge in [0.05, 0.1) is 0 Å². The van der Waals surface area contributed by atoms with E-state index in [1.165, 1.54) is 11.6 Å². The lowest BCUT2D eigenvalue weighted by atomic mass is 10.3. The second-order valence-electron chi connectivity index (χ2n) is 3.60. The summed E-state index contributed by atoms with van der Waals surface area (Å²) in [7, 11) is -3.13. The molecule has 0 fully saturated rings. The molecule has 94 valence electrons. The molecule has 1 unspecified atom stereocenters. The highest BCUT2D eigenvalue weighted by Gasteiger charge is 2.16. The van der Waals surface area contributed by atoms with E-state index in [2.05, 4.69) is 0 Å². The molecule has 1 aromatic rings. The van der Waals surface area contributed by atoms with Crippen LogP contribution in [0.15, 0.2) is 30.3 Å². The summed E-state index contributed by atoms with van der Waals surface area (Å²) in [6.45, 7) is 1.40. The zero-order valence-electron chi connectivity index (χ0n) is 9.04. The summed E-state index contributed by atoms with van der Waals surface area (Å²) in [4.78, 5) is 21.6. The van der Waals surface area contributed by atoms with Gasteiger partial charge in [-0.2, -0.15) is 0 Å². The van der Waals surface area contributed by atoms with E-state index in [1.54, 1.807) is 24.3 Å². The average Bonchev–Trinajstić information content (AvgIpc) is 2.17. The van der Waals surface area contributed by atoms with Gasteiger partial charge in [-0.3, -0.25) is 9.46 Å². The van der Waals surface area contributed by atoms with Gasteiger partial charge in [-0.05, 0) is 12.1 Å². The quantitative estimate of drug-likeness (QED) is 0.610. The van der Waals surface area contributed by atoms with Crippen LogP contribution < -0.4 is 10.6 Å². The fraction of sp³-hybridized carbons (Fsp3) is 0.300. The van der Waals surface area contributed by atoms with Gasteiger partial charge >= 0.3 is 6.03 Å². The van der Waals surface area contributed by atoms with Crippen LogP contribution in [0.3, 0.4) is 0 Å². The number of para-hydroxylation sites is 1. The fourth-order valence-corrected chi connectivity index (χ4v) is 1.83. The average molecular weight is 272 g/mol. The molecule has 0 saturated heterocycles. The number of hydrogen-bond acceptors (Lipinski definition) is 2. The first-order chi connectivity index (χ1) is 7.40. The zero-order valence-corrected chi connectivity index (χ0v) is 9.93. The van der Waals surface area contributed by atoms with Crippen LogP contribution in [0.1, 0.15) is 0 Å². The molecule has 0 aliphatic rings. The molecule has 0 spiro atoms. The van der Waals surface area contributed by atoms with E-state index in [-0.39, 0.29) is 30.1 Å². The van der Waals surface area contributed by atoms with Crippen LogP contribution in [0.25, 0.3) is 0 Å². The normalized spacial score (nSPS) is 13.3. The molecular formula is C10H18AlN2O3P. The molecule has 2 amide bonds. The Morgan fingerprint density at radius 1 is 1.41 bits per heavy atom. The maximum atomic E-state index is 11.2. The summed E-state index contributed by atoms with van der Waals surface area (Å²) < 4.78 is 11.1. The maximum Gasteiger partial charge on any atom is 0.319 e. The molecule has 0 aliphatic heterocycles. The van der Waals surface area contributed by atoms with E-state index in [4.69, 9.17) is 5.73 Å². The third-order valence-electron chi connectivity index (χ3n) is 2.07. The topological polar surface area (TPSA) is 83.6 Å².